The summed E-state index contributed by atoms with van der Waals surface area (Å²) in [5.41, 5.74) is 0.469. The summed E-state index contributed by atoms with van der Waals surface area (Å²) in [4.78, 5) is 34.2. The number of carbonyl (C=O) groups excluding carboxylic acids is 3. The van der Waals surface area contributed by atoms with Gasteiger partial charge in [0.15, 0.2) is 6.61 Å². The van der Waals surface area contributed by atoms with E-state index in [4.69, 9.17) is 4.74 Å². The molecule has 0 aliphatic rings. The van der Waals surface area contributed by atoms with Gasteiger partial charge in [0.05, 0.1) is 0 Å². The molecular formula is C14H16N2O5. The van der Waals surface area contributed by atoms with Gasteiger partial charge in [0.25, 0.3) is 5.91 Å². The first-order chi connectivity index (χ1) is 9.95. The molecule has 1 rings (SSSR count). The van der Waals surface area contributed by atoms with Crippen molar-refractivity contribution >= 4 is 17.9 Å². The van der Waals surface area contributed by atoms with Gasteiger partial charge in [-0.25, -0.2) is 9.59 Å². The van der Waals surface area contributed by atoms with Gasteiger partial charge >= 0.3 is 12.0 Å². The van der Waals surface area contributed by atoms with Crippen molar-refractivity contribution in [1.29, 1.82) is 0 Å². The second-order valence-corrected chi connectivity index (χ2v) is 4.09. The van der Waals surface area contributed by atoms with E-state index < -0.39 is 24.5 Å². The summed E-state index contributed by atoms with van der Waals surface area (Å²) in [7, 11) is 0. The predicted molar refractivity (Wildman–Crippen MR) is 74.9 cm³/mol. The largest absolute Gasteiger partial charge is 0.507 e. The molecule has 112 valence electrons. The zero-order chi connectivity index (χ0) is 15.8. The maximum absolute atomic E-state index is 11.7. The van der Waals surface area contributed by atoms with E-state index in [9.17, 15) is 19.5 Å². The third kappa shape index (κ3) is 4.98. The number of aryl methyl sites for hydroxylation is 1. The summed E-state index contributed by atoms with van der Waals surface area (Å²) >= 11 is 0. The molecule has 0 saturated heterocycles. The second kappa shape index (κ2) is 7.68. The highest BCUT2D eigenvalue weighted by Gasteiger charge is 2.16. The Balaban J connectivity index is 2.49. The summed E-state index contributed by atoms with van der Waals surface area (Å²) in [6, 6.07) is 3.87. The van der Waals surface area contributed by atoms with Crippen molar-refractivity contribution in [2.45, 2.75) is 6.92 Å². The number of nitrogens with one attached hydrogen (secondary N) is 2. The van der Waals surface area contributed by atoms with Gasteiger partial charge in [-0.1, -0.05) is 18.2 Å². The van der Waals surface area contributed by atoms with Crippen LogP contribution < -0.4 is 10.6 Å². The number of phenols is 1. The molecule has 7 heteroatoms. The van der Waals surface area contributed by atoms with E-state index in [0.29, 0.717) is 5.56 Å². The number of phenolic OH excluding ortho intramolecular Hbond substituents is 1. The maximum atomic E-state index is 11.7. The van der Waals surface area contributed by atoms with Crippen LogP contribution >= 0.6 is 0 Å². The van der Waals surface area contributed by atoms with Crippen molar-refractivity contribution < 1.29 is 24.2 Å². The number of rotatable bonds is 5. The minimum absolute atomic E-state index is 0.0427. The maximum Gasteiger partial charge on any atom is 0.342 e. The number of amides is 3. The molecule has 0 spiro atoms. The van der Waals surface area contributed by atoms with Crippen LogP contribution in [0.2, 0.25) is 0 Å². The lowest BCUT2D eigenvalue weighted by Gasteiger charge is -2.08. The molecule has 1 aromatic carbocycles. The summed E-state index contributed by atoms with van der Waals surface area (Å²) in [6.07, 6.45) is 1.45. The second-order valence-electron chi connectivity index (χ2n) is 4.09. The van der Waals surface area contributed by atoms with E-state index in [1.807, 2.05) is 5.32 Å². The summed E-state index contributed by atoms with van der Waals surface area (Å²) < 4.78 is 4.72. The zero-order valence-corrected chi connectivity index (χ0v) is 11.5. The Morgan fingerprint density at radius 1 is 1.38 bits per heavy atom. The highest BCUT2D eigenvalue weighted by Crippen LogP contribution is 2.21. The summed E-state index contributed by atoms with van der Waals surface area (Å²) in [5, 5.41) is 14.0. The molecule has 3 N–H and O–H groups in total. The minimum atomic E-state index is -0.849. The number of aromatic hydroxyl groups is 1. The van der Waals surface area contributed by atoms with Crippen molar-refractivity contribution in [3.8, 4) is 5.75 Å². The topological polar surface area (TPSA) is 105 Å². The lowest BCUT2D eigenvalue weighted by molar-refractivity contribution is -0.123. The van der Waals surface area contributed by atoms with Crippen LogP contribution in [-0.2, 0) is 9.53 Å². The van der Waals surface area contributed by atoms with Crippen LogP contribution in [0.3, 0.4) is 0 Å². The molecule has 0 bridgehead atoms. The molecule has 1 aromatic rings. The first kappa shape index (κ1) is 16.2. The third-order valence-corrected chi connectivity index (χ3v) is 2.45. The summed E-state index contributed by atoms with van der Waals surface area (Å²) in [6.45, 7) is 4.60. The van der Waals surface area contributed by atoms with Crippen LogP contribution in [0.1, 0.15) is 15.9 Å². The fourth-order valence-electron chi connectivity index (χ4n) is 1.40. The third-order valence-electron chi connectivity index (χ3n) is 2.45. The van der Waals surface area contributed by atoms with Gasteiger partial charge in [-0.05, 0) is 18.6 Å². The molecule has 21 heavy (non-hydrogen) atoms. The van der Waals surface area contributed by atoms with Gasteiger partial charge in [-0.3, -0.25) is 10.1 Å². The van der Waals surface area contributed by atoms with Crippen molar-refractivity contribution in [2.75, 3.05) is 13.2 Å². The van der Waals surface area contributed by atoms with Crippen LogP contribution in [0, 0.1) is 6.92 Å². The van der Waals surface area contributed by atoms with E-state index in [2.05, 4.69) is 11.9 Å². The molecule has 7 nitrogen and oxygen atoms in total. The van der Waals surface area contributed by atoms with E-state index in [-0.39, 0.29) is 17.9 Å². The van der Waals surface area contributed by atoms with Gasteiger partial charge < -0.3 is 15.2 Å². The molecule has 0 radical (unpaired) electrons. The number of para-hydroxylation sites is 1. The molecule has 0 aromatic heterocycles. The SMILES string of the molecule is C=CCNC(=O)NC(=O)COC(=O)c1cccc(C)c1O. The van der Waals surface area contributed by atoms with Crippen molar-refractivity contribution in [3.63, 3.8) is 0 Å². The van der Waals surface area contributed by atoms with Gasteiger partial charge in [0, 0.05) is 6.54 Å². The van der Waals surface area contributed by atoms with Crippen molar-refractivity contribution in [3.05, 3.63) is 42.0 Å². The highest BCUT2D eigenvalue weighted by atomic mass is 16.5. The number of benzene rings is 1. The van der Waals surface area contributed by atoms with Gasteiger partial charge in [0.1, 0.15) is 11.3 Å². The first-order valence-corrected chi connectivity index (χ1v) is 6.10. The Labute approximate surface area is 121 Å². The number of imide groups is 1. The van der Waals surface area contributed by atoms with Crippen LogP contribution in [0.5, 0.6) is 5.75 Å². The van der Waals surface area contributed by atoms with E-state index >= 15 is 0 Å². The Kier molecular flexibility index (Phi) is 5.94. The van der Waals surface area contributed by atoms with Crippen molar-refractivity contribution in [1.82, 2.24) is 10.6 Å². The Hall–Kier alpha value is -2.83. The number of ether oxygens (including phenoxy) is 1. The Morgan fingerprint density at radius 2 is 2.10 bits per heavy atom. The van der Waals surface area contributed by atoms with E-state index in [1.165, 1.54) is 12.1 Å². The molecule has 0 aliphatic carbocycles. The lowest BCUT2D eigenvalue weighted by Crippen LogP contribution is -2.41. The average Bonchev–Trinajstić information content (AvgIpc) is 2.45. The van der Waals surface area contributed by atoms with E-state index in [1.54, 1.807) is 19.1 Å². The van der Waals surface area contributed by atoms with Crippen LogP contribution in [0.25, 0.3) is 0 Å². The van der Waals surface area contributed by atoms with Gasteiger partial charge in [-0.15, -0.1) is 6.58 Å². The number of hydrogen-bond acceptors (Lipinski definition) is 5. The number of esters is 1. The zero-order valence-electron chi connectivity index (χ0n) is 11.5. The minimum Gasteiger partial charge on any atom is -0.507 e. The number of hydrogen-bond donors (Lipinski definition) is 3. The molecule has 0 heterocycles. The molecular weight excluding hydrogens is 276 g/mol. The van der Waals surface area contributed by atoms with Crippen LogP contribution in [0.4, 0.5) is 4.79 Å². The predicted octanol–water partition coefficient (Wildman–Crippen LogP) is 0.869. The Bertz CT molecular complexity index is 568. The highest BCUT2D eigenvalue weighted by molar-refractivity contribution is 5.97. The molecule has 0 atom stereocenters. The normalized spacial score (nSPS) is 9.57. The monoisotopic (exact) mass is 292 g/mol. The van der Waals surface area contributed by atoms with E-state index in [0.717, 1.165) is 0 Å². The summed E-state index contributed by atoms with van der Waals surface area (Å²) in [5.74, 6) is -1.83. The smallest absolute Gasteiger partial charge is 0.342 e. The molecule has 0 fully saturated rings. The fourth-order valence-corrected chi connectivity index (χ4v) is 1.40. The quantitative estimate of drug-likeness (QED) is 0.551. The molecule has 0 unspecified atom stereocenters. The first-order valence-electron chi connectivity index (χ1n) is 6.10. The van der Waals surface area contributed by atoms with Crippen LogP contribution in [0.15, 0.2) is 30.9 Å². The molecule has 0 aliphatic heterocycles. The number of carbonyl (C=O) groups is 3. The lowest BCUT2D eigenvalue weighted by atomic mass is 10.1. The Morgan fingerprint density at radius 3 is 2.76 bits per heavy atom. The fraction of sp³-hybridized carbons (Fsp3) is 0.214. The number of urea groups is 1. The van der Waals surface area contributed by atoms with Gasteiger partial charge in [-0.2, -0.15) is 0 Å². The average molecular weight is 292 g/mol. The van der Waals surface area contributed by atoms with Gasteiger partial charge in [0.2, 0.25) is 0 Å². The standard InChI is InChI=1S/C14H16N2O5/c1-3-7-15-14(20)16-11(17)8-21-13(19)10-6-4-5-9(2)12(10)18/h3-6,18H,1,7-8H2,2H3,(H2,15,16,17,20). The van der Waals surface area contributed by atoms with Crippen molar-refractivity contribution in [2.24, 2.45) is 0 Å². The molecule has 0 saturated carbocycles. The van der Waals surface area contributed by atoms with Crippen LogP contribution in [-0.4, -0.2) is 36.2 Å². The molecule has 3 amide bonds.